The van der Waals surface area contributed by atoms with E-state index in [2.05, 4.69) is 0 Å². The molecule has 0 bridgehead atoms. The summed E-state index contributed by atoms with van der Waals surface area (Å²) >= 11 is 0. The Hall–Kier alpha value is -2.28. The first-order valence-corrected chi connectivity index (χ1v) is 3.20. The molecule has 0 aromatic carbocycles. The second-order valence-electron chi connectivity index (χ2n) is 1.72. The standard InChI is InChI=1S/3C2H2O4.2Al.4H2O/c3*3-1(4)2(5)6;;;;;;/h3*(H,3,4)(H,5,6);;;4*1H2/q;;;2*+3;;;;/p-6. The smallest absolute Gasteiger partial charge is 0.543 e. The van der Waals surface area contributed by atoms with Gasteiger partial charge in [-0.1, -0.05) is 0 Å². The first kappa shape index (κ1) is 57.6. The molecule has 134 valence electrons. The summed E-state index contributed by atoms with van der Waals surface area (Å²) < 4.78 is 0. The topological polar surface area (TPSA) is 367 Å². The van der Waals surface area contributed by atoms with Gasteiger partial charge in [-0.2, -0.15) is 0 Å². The van der Waals surface area contributed by atoms with Crippen molar-refractivity contribution in [2.24, 2.45) is 0 Å². The van der Waals surface area contributed by atoms with Crippen LogP contribution in [0.25, 0.3) is 0 Å². The van der Waals surface area contributed by atoms with Gasteiger partial charge in [0.2, 0.25) is 0 Å². The molecule has 0 heterocycles. The largest absolute Gasteiger partial charge is 3.00 e. The van der Waals surface area contributed by atoms with Crippen LogP contribution in [-0.4, -0.2) is 92.4 Å². The minimum absolute atomic E-state index is 0. The van der Waals surface area contributed by atoms with Gasteiger partial charge in [0.1, 0.15) is 0 Å². The van der Waals surface area contributed by atoms with Crippen LogP contribution in [0.1, 0.15) is 0 Å². The van der Waals surface area contributed by atoms with Crippen molar-refractivity contribution >= 4 is 70.5 Å². The normalized spacial score (nSPS) is 5.50. The predicted molar refractivity (Wildman–Crippen MR) is 56.0 cm³/mol. The van der Waals surface area contributed by atoms with Gasteiger partial charge in [0.15, 0.2) is 0 Å². The molecule has 0 saturated carbocycles. The van der Waals surface area contributed by atoms with Crippen LogP contribution < -0.4 is 30.6 Å². The van der Waals surface area contributed by atoms with E-state index in [9.17, 15) is 0 Å². The summed E-state index contributed by atoms with van der Waals surface area (Å²) in [6, 6.07) is 0. The maximum absolute atomic E-state index is 8.93. The molecule has 0 fully saturated rings. The Balaban J connectivity index is -0.0000000179. The molecule has 0 aliphatic carbocycles. The molecule has 18 heteroatoms. The molecule has 0 aromatic rings. The van der Waals surface area contributed by atoms with Crippen molar-refractivity contribution < 1.29 is 81.3 Å². The maximum atomic E-state index is 8.93. The minimum atomic E-state index is -2.19. The summed E-state index contributed by atoms with van der Waals surface area (Å²) in [5.74, 6) is -13.1. The molecule has 0 saturated heterocycles. The van der Waals surface area contributed by atoms with E-state index < -0.39 is 35.8 Å². The molecule has 0 atom stereocenters. The van der Waals surface area contributed by atoms with E-state index in [-0.39, 0.29) is 56.6 Å². The number of hydrogen-bond acceptors (Lipinski definition) is 12. The second-order valence-corrected chi connectivity index (χ2v) is 1.72. The molecule has 0 aliphatic rings. The zero-order valence-electron chi connectivity index (χ0n) is 11.1. The van der Waals surface area contributed by atoms with Crippen molar-refractivity contribution in [2.75, 3.05) is 0 Å². The Bertz CT molecular complexity index is 284. The molecule has 16 nitrogen and oxygen atoms in total. The van der Waals surface area contributed by atoms with Gasteiger partial charge < -0.3 is 81.3 Å². The number of carbonyl (C=O) groups excluding carboxylic acids is 6. The number of carboxylic acid groups (broad SMARTS) is 6. The molecule has 0 amide bonds. The van der Waals surface area contributed by atoms with Crippen molar-refractivity contribution in [3.8, 4) is 0 Å². The molecule has 0 aromatic heterocycles. The number of hydrogen-bond donors (Lipinski definition) is 0. The zero-order valence-corrected chi connectivity index (χ0v) is 13.4. The van der Waals surface area contributed by atoms with Crippen LogP contribution in [0.3, 0.4) is 0 Å². The second kappa shape index (κ2) is 32.6. The van der Waals surface area contributed by atoms with Gasteiger partial charge in [0.05, 0.1) is 35.8 Å². The summed E-state index contributed by atoms with van der Waals surface area (Å²) in [4.78, 5) is 53.6. The van der Waals surface area contributed by atoms with Crippen LogP contribution in [0.2, 0.25) is 0 Å². The number of carboxylic acids is 6. The molecule has 8 N–H and O–H groups in total. The Morgan fingerprint density at radius 1 is 0.333 bits per heavy atom. The average Bonchev–Trinajstić information content (AvgIpc) is 2.18. The third-order valence-electron chi connectivity index (χ3n) is 0.500. The fourth-order valence-corrected chi connectivity index (χ4v) is 0. The van der Waals surface area contributed by atoms with E-state index in [0.717, 1.165) is 0 Å². The van der Waals surface area contributed by atoms with Crippen LogP contribution in [-0.2, 0) is 28.8 Å². The van der Waals surface area contributed by atoms with Gasteiger partial charge in [-0.3, -0.25) is 0 Å². The molecular weight excluding hydrogens is 382 g/mol. The van der Waals surface area contributed by atoms with Crippen LogP contribution in [0.4, 0.5) is 0 Å². The maximum Gasteiger partial charge on any atom is 3.00 e. The van der Waals surface area contributed by atoms with E-state index in [1.165, 1.54) is 0 Å². The van der Waals surface area contributed by atoms with Crippen LogP contribution in [0.15, 0.2) is 0 Å². The number of carbonyl (C=O) groups is 6. The zero-order chi connectivity index (χ0) is 15.5. The monoisotopic (exact) mass is 390 g/mol. The number of rotatable bonds is 0. The van der Waals surface area contributed by atoms with E-state index in [4.69, 9.17) is 59.4 Å². The minimum Gasteiger partial charge on any atom is -0.543 e. The van der Waals surface area contributed by atoms with Gasteiger partial charge in [0, 0.05) is 0 Å². The first-order valence-electron chi connectivity index (χ1n) is 3.20. The van der Waals surface area contributed by atoms with Gasteiger partial charge in [-0.05, 0) is 0 Å². The van der Waals surface area contributed by atoms with Crippen molar-refractivity contribution in [2.45, 2.75) is 0 Å². The fourth-order valence-electron chi connectivity index (χ4n) is 0. The fraction of sp³-hybridized carbons (Fsp3) is 0. The quantitative estimate of drug-likeness (QED) is 0.274. The van der Waals surface area contributed by atoms with Crippen LogP contribution in [0, 0.1) is 0 Å². The predicted octanol–water partition coefficient (Wildman–Crippen LogP) is -14.6. The van der Waals surface area contributed by atoms with Crippen molar-refractivity contribution in [1.82, 2.24) is 0 Å². The van der Waals surface area contributed by atoms with E-state index in [1.807, 2.05) is 0 Å². The van der Waals surface area contributed by atoms with Crippen LogP contribution in [0.5, 0.6) is 0 Å². The summed E-state index contributed by atoms with van der Waals surface area (Å²) in [6.07, 6.45) is 0. The SMILES string of the molecule is O.O.O.O.O=C([O-])C(=O)[O-].O=C([O-])C(=O)[O-].O=C([O-])C(=O)[O-].[Al+3].[Al+3]. The summed E-state index contributed by atoms with van der Waals surface area (Å²) in [6.45, 7) is 0. The molecule has 0 aliphatic heterocycles. The summed E-state index contributed by atoms with van der Waals surface area (Å²) in [5, 5.41) is 53.6. The molecule has 0 radical (unpaired) electrons. The van der Waals surface area contributed by atoms with Gasteiger partial charge in [-0.25, -0.2) is 0 Å². The molecular formula is C6H8Al2O16. The van der Waals surface area contributed by atoms with E-state index in [1.54, 1.807) is 0 Å². The van der Waals surface area contributed by atoms with Gasteiger partial charge in [0.25, 0.3) is 0 Å². The van der Waals surface area contributed by atoms with Crippen molar-refractivity contribution in [1.29, 1.82) is 0 Å². The third-order valence-corrected chi connectivity index (χ3v) is 0.500. The Morgan fingerprint density at radius 2 is 0.375 bits per heavy atom. The number of aliphatic carboxylic acids is 6. The Morgan fingerprint density at radius 3 is 0.375 bits per heavy atom. The molecule has 0 rings (SSSR count). The Labute approximate surface area is 152 Å². The Kier molecular flexibility index (Phi) is 78.3. The van der Waals surface area contributed by atoms with Crippen LogP contribution >= 0.6 is 0 Å². The van der Waals surface area contributed by atoms with E-state index in [0.29, 0.717) is 0 Å². The molecule has 0 unspecified atom stereocenters. The van der Waals surface area contributed by atoms with E-state index >= 15 is 0 Å². The summed E-state index contributed by atoms with van der Waals surface area (Å²) in [7, 11) is 0. The van der Waals surface area contributed by atoms with Gasteiger partial charge in [-0.15, -0.1) is 0 Å². The third kappa shape index (κ3) is 73.1. The van der Waals surface area contributed by atoms with Crippen molar-refractivity contribution in [3.63, 3.8) is 0 Å². The molecule has 24 heavy (non-hydrogen) atoms. The summed E-state index contributed by atoms with van der Waals surface area (Å²) in [5.41, 5.74) is 0. The average molecular weight is 390 g/mol. The molecule has 0 spiro atoms. The first-order chi connectivity index (χ1) is 7.93. The van der Waals surface area contributed by atoms with Crippen molar-refractivity contribution in [3.05, 3.63) is 0 Å². The van der Waals surface area contributed by atoms with Gasteiger partial charge >= 0.3 is 34.7 Å².